The Hall–Kier alpha value is -1.00. The monoisotopic (exact) mass is 238 g/mol. The summed E-state index contributed by atoms with van der Waals surface area (Å²) < 4.78 is 0. The molecule has 0 unspecified atom stereocenters. The van der Waals surface area contributed by atoms with Crippen molar-refractivity contribution >= 4 is 18.5 Å². The van der Waals surface area contributed by atoms with Crippen molar-refractivity contribution in [2.24, 2.45) is 0 Å². The smallest absolute Gasteiger partial charge is 0.253 e. The van der Waals surface area contributed by atoms with Crippen molar-refractivity contribution in [3.63, 3.8) is 0 Å². The summed E-state index contributed by atoms with van der Waals surface area (Å²) >= 11 is 4.22. The van der Waals surface area contributed by atoms with E-state index in [-0.39, 0.29) is 5.91 Å². The first-order valence-electron chi connectivity index (χ1n) is 5.34. The molecule has 1 amide bonds. The molecule has 0 saturated heterocycles. The molecule has 0 aromatic heterocycles. The van der Waals surface area contributed by atoms with E-state index >= 15 is 0 Å². The summed E-state index contributed by atoms with van der Waals surface area (Å²) in [6, 6.07) is 7.31. The molecule has 1 N–H and O–H groups in total. The average Bonchev–Trinajstić information content (AvgIpc) is 2.28. The van der Waals surface area contributed by atoms with Gasteiger partial charge in [-0.1, -0.05) is 6.07 Å². The van der Waals surface area contributed by atoms with Crippen LogP contribution >= 0.6 is 12.6 Å². The molecule has 0 fully saturated rings. The largest absolute Gasteiger partial charge is 0.342 e. The Labute approximate surface area is 102 Å². The maximum absolute atomic E-state index is 12.0. The van der Waals surface area contributed by atoms with Crippen LogP contribution in [0.15, 0.2) is 29.2 Å². The lowest BCUT2D eigenvalue weighted by molar-refractivity contribution is 0.0793. The molecule has 0 bridgehead atoms. The highest BCUT2D eigenvalue weighted by Gasteiger charge is 2.10. The zero-order valence-corrected chi connectivity index (χ0v) is 10.6. The molecule has 0 radical (unpaired) electrons. The van der Waals surface area contributed by atoms with Gasteiger partial charge in [0.15, 0.2) is 0 Å². The van der Waals surface area contributed by atoms with Crippen molar-refractivity contribution in [1.82, 2.24) is 10.2 Å². The van der Waals surface area contributed by atoms with Crippen LogP contribution in [-0.2, 0) is 0 Å². The number of nitrogens with zero attached hydrogens (tertiary/aromatic N) is 1. The Balaban J connectivity index is 2.56. The normalized spacial score (nSPS) is 10.2. The summed E-state index contributed by atoms with van der Waals surface area (Å²) in [6.07, 6.45) is 0.958. The van der Waals surface area contributed by atoms with Crippen molar-refractivity contribution in [3.8, 4) is 0 Å². The third kappa shape index (κ3) is 3.87. The molecule has 1 aromatic carbocycles. The number of hydrogen-bond acceptors (Lipinski definition) is 3. The van der Waals surface area contributed by atoms with Gasteiger partial charge < -0.3 is 10.2 Å². The fourth-order valence-electron chi connectivity index (χ4n) is 1.45. The number of thiol groups is 1. The van der Waals surface area contributed by atoms with Gasteiger partial charge in [0.1, 0.15) is 0 Å². The summed E-state index contributed by atoms with van der Waals surface area (Å²) in [4.78, 5) is 14.5. The van der Waals surface area contributed by atoms with Crippen LogP contribution < -0.4 is 5.32 Å². The molecule has 3 nitrogen and oxygen atoms in total. The Bertz CT molecular complexity index is 355. The fourth-order valence-corrected chi connectivity index (χ4v) is 1.68. The van der Waals surface area contributed by atoms with Gasteiger partial charge >= 0.3 is 0 Å². The van der Waals surface area contributed by atoms with E-state index in [2.05, 4.69) is 17.9 Å². The number of carbonyl (C=O) groups excluding carboxylic acids is 1. The van der Waals surface area contributed by atoms with Crippen molar-refractivity contribution in [2.45, 2.75) is 11.3 Å². The molecule has 0 aliphatic carbocycles. The maximum Gasteiger partial charge on any atom is 0.253 e. The zero-order valence-electron chi connectivity index (χ0n) is 9.73. The maximum atomic E-state index is 12.0. The van der Waals surface area contributed by atoms with Crippen LogP contribution in [-0.4, -0.2) is 38.0 Å². The standard InChI is InChI=1S/C12H18N2OS/c1-13-7-4-8-14(2)12(15)10-5-3-6-11(16)9-10/h3,5-6,9,13,16H,4,7-8H2,1-2H3. The Morgan fingerprint density at radius 3 is 2.88 bits per heavy atom. The Morgan fingerprint density at radius 1 is 1.50 bits per heavy atom. The van der Waals surface area contributed by atoms with Gasteiger partial charge in [-0.15, -0.1) is 12.6 Å². The summed E-state index contributed by atoms with van der Waals surface area (Å²) in [5.74, 6) is 0.0482. The SMILES string of the molecule is CNCCCN(C)C(=O)c1cccc(S)c1. The summed E-state index contributed by atoms with van der Waals surface area (Å²) in [6.45, 7) is 1.68. The van der Waals surface area contributed by atoms with Gasteiger partial charge in [-0.05, 0) is 38.2 Å². The molecule has 16 heavy (non-hydrogen) atoms. The molecular formula is C12H18N2OS. The Kier molecular flexibility index (Phi) is 5.35. The lowest BCUT2D eigenvalue weighted by Gasteiger charge is -2.17. The molecule has 1 rings (SSSR count). The highest BCUT2D eigenvalue weighted by atomic mass is 32.1. The van der Waals surface area contributed by atoms with Crippen LogP contribution in [0.3, 0.4) is 0 Å². The first kappa shape index (κ1) is 13.1. The molecule has 0 heterocycles. The summed E-state index contributed by atoms with van der Waals surface area (Å²) in [5, 5.41) is 3.06. The van der Waals surface area contributed by atoms with Crippen molar-refractivity contribution < 1.29 is 4.79 Å². The molecular weight excluding hydrogens is 220 g/mol. The van der Waals surface area contributed by atoms with E-state index < -0.39 is 0 Å². The predicted molar refractivity (Wildman–Crippen MR) is 69.2 cm³/mol. The first-order chi connectivity index (χ1) is 7.65. The number of nitrogens with one attached hydrogen (secondary N) is 1. The van der Waals surface area contributed by atoms with Gasteiger partial charge in [-0.3, -0.25) is 4.79 Å². The van der Waals surface area contributed by atoms with Gasteiger partial charge in [0, 0.05) is 24.1 Å². The zero-order chi connectivity index (χ0) is 12.0. The third-order valence-electron chi connectivity index (χ3n) is 2.36. The van der Waals surface area contributed by atoms with Crippen LogP contribution in [0, 0.1) is 0 Å². The third-order valence-corrected chi connectivity index (χ3v) is 2.64. The molecule has 1 aromatic rings. The van der Waals surface area contributed by atoms with Crippen molar-refractivity contribution in [3.05, 3.63) is 29.8 Å². The lowest BCUT2D eigenvalue weighted by Crippen LogP contribution is -2.29. The Morgan fingerprint density at radius 2 is 2.25 bits per heavy atom. The molecule has 0 atom stereocenters. The van der Waals surface area contributed by atoms with E-state index in [1.54, 1.807) is 11.0 Å². The van der Waals surface area contributed by atoms with Gasteiger partial charge in [-0.2, -0.15) is 0 Å². The summed E-state index contributed by atoms with van der Waals surface area (Å²) in [5.41, 5.74) is 0.694. The minimum atomic E-state index is 0.0482. The van der Waals surface area contributed by atoms with E-state index in [0.29, 0.717) is 5.56 Å². The predicted octanol–water partition coefficient (Wildman–Crippen LogP) is 1.66. The number of rotatable bonds is 5. The van der Waals surface area contributed by atoms with Gasteiger partial charge in [0.25, 0.3) is 5.91 Å². The van der Waals surface area contributed by atoms with Gasteiger partial charge in [0.2, 0.25) is 0 Å². The molecule has 0 saturated carbocycles. The van der Waals surface area contributed by atoms with Crippen LogP contribution in [0.2, 0.25) is 0 Å². The number of amides is 1. The molecule has 4 heteroatoms. The quantitative estimate of drug-likeness (QED) is 0.604. The molecule has 0 aliphatic rings. The van der Waals surface area contributed by atoms with Crippen LogP contribution in [0.25, 0.3) is 0 Å². The highest BCUT2D eigenvalue weighted by Crippen LogP contribution is 2.10. The van der Waals surface area contributed by atoms with E-state index in [1.807, 2.05) is 32.3 Å². The molecule has 0 spiro atoms. The van der Waals surface area contributed by atoms with E-state index in [9.17, 15) is 4.79 Å². The van der Waals surface area contributed by atoms with E-state index in [4.69, 9.17) is 0 Å². The molecule has 88 valence electrons. The highest BCUT2D eigenvalue weighted by molar-refractivity contribution is 7.80. The van der Waals surface area contributed by atoms with Crippen molar-refractivity contribution in [2.75, 3.05) is 27.2 Å². The fraction of sp³-hybridized carbons (Fsp3) is 0.417. The first-order valence-corrected chi connectivity index (χ1v) is 5.79. The second-order valence-corrected chi connectivity index (χ2v) is 4.25. The topological polar surface area (TPSA) is 32.3 Å². The lowest BCUT2D eigenvalue weighted by atomic mass is 10.2. The van der Waals surface area contributed by atoms with Crippen LogP contribution in [0.5, 0.6) is 0 Å². The minimum absolute atomic E-state index is 0.0482. The van der Waals surface area contributed by atoms with Crippen molar-refractivity contribution in [1.29, 1.82) is 0 Å². The second-order valence-electron chi connectivity index (χ2n) is 3.73. The van der Waals surface area contributed by atoms with Gasteiger partial charge in [-0.25, -0.2) is 0 Å². The van der Waals surface area contributed by atoms with E-state index in [0.717, 1.165) is 24.4 Å². The van der Waals surface area contributed by atoms with E-state index in [1.165, 1.54) is 0 Å². The van der Waals surface area contributed by atoms with Crippen LogP contribution in [0.4, 0.5) is 0 Å². The second kappa shape index (κ2) is 6.55. The number of carbonyl (C=O) groups is 1. The minimum Gasteiger partial charge on any atom is -0.342 e. The number of hydrogen-bond donors (Lipinski definition) is 2. The van der Waals surface area contributed by atoms with Crippen LogP contribution in [0.1, 0.15) is 16.8 Å². The number of benzene rings is 1. The van der Waals surface area contributed by atoms with Gasteiger partial charge in [0.05, 0.1) is 0 Å². The molecule has 0 aliphatic heterocycles. The summed E-state index contributed by atoms with van der Waals surface area (Å²) in [7, 11) is 3.73. The average molecular weight is 238 g/mol.